The molecule has 0 bridgehead atoms. The van der Waals surface area contributed by atoms with E-state index in [2.05, 4.69) is 58.4 Å². The fourth-order valence-electron chi connectivity index (χ4n) is 1.87. The van der Waals surface area contributed by atoms with Crippen molar-refractivity contribution >= 4 is 50.2 Å². The summed E-state index contributed by atoms with van der Waals surface area (Å²) in [7, 11) is 2.09. The molecule has 2 aromatic rings. The van der Waals surface area contributed by atoms with Gasteiger partial charge >= 0.3 is 0 Å². The number of anilines is 1. The minimum Gasteiger partial charge on any atom is -0.389 e. The summed E-state index contributed by atoms with van der Waals surface area (Å²) in [5.74, 6) is 0. The van der Waals surface area contributed by atoms with Gasteiger partial charge in [0.25, 0.3) is 0 Å². The third-order valence-electron chi connectivity index (χ3n) is 3.16. The third kappa shape index (κ3) is 3.16. The van der Waals surface area contributed by atoms with Crippen molar-refractivity contribution in [2.24, 2.45) is 5.73 Å². The molecular formula is C14H15BrN2S2. The number of nitrogens with zero attached hydrogens (tertiary/aromatic N) is 1. The summed E-state index contributed by atoms with van der Waals surface area (Å²) in [6.07, 6.45) is 0. The highest BCUT2D eigenvalue weighted by atomic mass is 79.9. The number of halogens is 1. The average Bonchev–Trinajstić information content (AvgIpc) is 2.90. The predicted octanol–water partition coefficient (Wildman–Crippen LogP) is 4.34. The molecule has 0 spiro atoms. The quantitative estimate of drug-likeness (QED) is 0.827. The maximum Gasteiger partial charge on any atom is 0.105 e. The lowest BCUT2D eigenvalue weighted by Crippen LogP contribution is -2.21. The Bertz CT molecular complexity index is 581. The van der Waals surface area contributed by atoms with E-state index in [-0.39, 0.29) is 0 Å². The smallest absolute Gasteiger partial charge is 0.105 e. The normalized spacial score (nSPS) is 12.2. The second-order valence-corrected chi connectivity index (χ2v) is 6.60. The van der Waals surface area contributed by atoms with Gasteiger partial charge in [-0.1, -0.05) is 18.3 Å². The van der Waals surface area contributed by atoms with Crippen LogP contribution in [0.4, 0.5) is 5.69 Å². The van der Waals surface area contributed by atoms with E-state index in [0.29, 0.717) is 11.0 Å². The van der Waals surface area contributed by atoms with E-state index >= 15 is 0 Å². The number of thiocarbonyl (C=S) groups is 1. The summed E-state index contributed by atoms with van der Waals surface area (Å²) in [5.41, 5.74) is 7.67. The Kier molecular flexibility index (Phi) is 4.60. The first-order valence-electron chi connectivity index (χ1n) is 5.86. The summed E-state index contributed by atoms with van der Waals surface area (Å²) in [4.78, 5) is 3.99. The highest BCUT2D eigenvalue weighted by molar-refractivity contribution is 9.10. The van der Waals surface area contributed by atoms with Crippen molar-refractivity contribution in [1.82, 2.24) is 0 Å². The van der Waals surface area contributed by atoms with Gasteiger partial charge in [-0.2, -0.15) is 0 Å². The van der Waals surface area contributed by atoms with Crippen molar-refractivity contribution in [2.45, 2.75) is 13.0 Å². The molecule has 0 aliphatic rings. The molecular weight excluding hydrogens is 340 g/mol. The van der Waals surface area contributed by atoms with Crippen molar-refractivity contribution in [2.75, 3.05) is 11.9 Å². The van der Waals surface area contributed by atoms with Gasteiger partial charge in [0.05, 0.1) is 6.04 Å². The zero-order valence-electron chi connectivity index (χ0n) is 10.8. The molecule has 0 radical (unpaired) electrons. The number of benzene rings is 1. The standard InChI is InChI=1S/C14H15BrN2S2/c1-9(13-4-3-7-19-13)17(2)10-5-6-11(14(16)18)12(15)8-10/h3-9H,1-2H3,(H2,16,18). The maximum atomic E-state index is 5.67. The second-order valence-electron chi connectivity index (χ2n) is 4.33. The summed E-state index contributed by atoms with van der Waals surface area (Å²) < 4.78 is 0.933. The van der Waals surface area contributed by atoms with Crippen molar-refractivity contribution in [1.29, 1.82) is 0 Å². The molecule has 0 saturated carbocycles. The van der Waals surface area contributed by atoms with Gasteiger partial charge in [0.15, 0.2) is 0 Å². The molecule has 0 amide bonds. The van der Waals surface area contributed by atoms with Crippen molar-refractivity contribution in [3.05, 3.63) is 50.6 Å². The SMILES string of the molecule is CC(c1cccs1)N(C)c1ccc(C(N)=S)c(Br)c1. The molecule has 1 aromatic heterocycles. The molecule has 0 aliphatic carbocycles. The first kappa shape index (κ1) is 14.5. The zero-order chi connectivity index (χ0) is 14.0. The van der Waals surface area contributed by atoms with E-state index in [4.69, 9.17) is 18.0 Å². The van der Waals surface area contributed by atoms with Gasteiger partial charge in [0.1, 0.15) is 4.99 Å². The van der Waals surface area contributed by atoms with E-state index in [9.17, 15) is 0 Å². The molecule has 1 atom stereocenters. The minimum absolute atomic E-state index is 0.336. The van der Waals surface area contributed by atoms with Crippen LogP contribution in [0, 0.1) is 0 Å². The van der Waals surface area contributed by atoms with Crippen LogP contribution in [0.15, 0.2) is 40.2 Å². The van der Waals surface area contributed by atoms with Crippen LogP contribution in [0.3, 0.4) is 0 Å². The van der Waals surface area contributed by atoms with E-state index < -0.39 is 0 Å². The topological polar surface area (TPSA) is 29.3 Å². The highest BCUT2D eigenvalue weighted by Gasteiger charge is 2.14. The molecule has 1 aromatic carbocycles. The fraction of sp³-hybridized carbons (Fsp3) is 0.214. The Labute approximate surface area is 131 Å². The number of thiophene rings is 1. The Morgan fingerprint density at radius 2 is 2.16 bits per heavy atom. The van der Waals surface area contributed by atoms with Crippen molar-refractivity contribution in [3.63, 3.8) is 0 Å². The van der Waals surface area contributed by atoms with Crippen LogP contribution in [0.25, 0.3) is 0 Å². The Balaban J connectivity index is 2.27. The van der Waals surface area contributed by atoms with Crippen LogP contribution in [0.2, 0.25) is 0 Å². The molecule has 2 N–H and O–H groups in total. The molecule has 0 saturated heterocycles. The van der Waals surface area contributed by atoms with Gasteiger partial charge in [-0.05, 0) is 52.5 Å². The number of nitrogens with two attached hydrogens (primary N) is 1. The van der Waals surface area contributed by atoms with Gasteiger partial charge in [-0.25, -0.2) is 0 Å². The molecule has 2 rings (SSSR count). The van der Waals surface area contributed by atoms with Crippen LogP contribution in [0.5, 0.6) is 0 Å². The summed E-state index contributed by atoms with van der Waals surface area (Å²) in [6, 6.07) is 10.6. The number of hydrogen-bond acceptors (Lipinski definition) is 3. The van der Waals surface area contributed by atoms with E-state index in [1.165, 1.54) is 4.88 Å². The van der Waals surface area contributed by atoms with Crippen LogP contribution >= 0.6 is 39.5 Å². The molecule has 1 heterocycles. The van der Waals surface area contributed by atoms with Crippen LogP contribution < -0.4 is 10.6 Å². The minimum atomic E-state index is 0.336. The lowest BCUT2D eigenvalue weighted by atomic mass is 10.1. The van der Waals surface area contributed by atoms with Gasteiger partial charge < -0.3 is 10.6 Å². The van der Waals surface area contributed by atoms with Crippen LogP contribution in [-0.2, 0) is 0 Å². The summed E-state index contributed by atoms with van der Waals surface area (Å²) in [6.45, 7) is 2.20. The molecule has 100 valence electrons. The van der Waals surface area contributed by atoms with Crippen molar-refractivity contribution < 1.29 is 0 Å². The molecule has 2 nitrogen and oxygen atoms in total. The Morgan fingerprint density at radius 3 is 2.68 bits per heavy atom. The Morgan fingerprint density at radius 1 is 1.42 bits per heavy atom. The highest BCUT2D eigenvalue weighted by Crippen LogP contribution is 2.30. The zero-order valence-corrected chi connectivity index (χ0v) is 14.0. The van der Waals surface area contributed by atoms with Crippen molar-refractivity contribution in [3.8, 4) is 0 Å². The van der Waals surface area contributed by atoms with E-state index in [1.54, 1.807) is 11.3 Å². The lowest BCUT2D eigenvalue weighted by molar-refractivity contribution is 0.754. The second kappa shape index (κ2) is 6.03. The van der Waals surface area contributed by atoms with Gasteiger partial charge in [-0.15, -0.1) is 11.3 Å². The average molecular weight is 355 g/mol. The van der Waals surface area contributed by atoms with Crippen LogP contribution in [-0.4, -0.2) is 12.0 Å². The molecule has 5 heteroatoms. The first-order valence-corrected chi connectivity index (χ1v) is 7.94. The van der Waals surface area contributed by atoms with Gasteiger partial charge in [0, 0.05) is 27.6 Å². The molecule has 19 heavy (non-hydrogen) atoms. The van der Waals surface area contributed by atoms with Gasteiger partial charge in [-0.3, -0.25) is 0 Å². The van der Waals surface area contributed by atoms with E-state index in [0.717, 1.165) is 15.7 Å². The third-order valence-corrected chi connectivity index (χ3v) is 5.08. The molecule has 0 aliphatic heterocycles. The van der Waals surface area contributed by atoms with Crippen LogP contribution in [0.1, 0.15) is 23.4 Å². The largest absolute Gasteiger partial charge is 0.389 e. The monoisotopic (exact) mass is 354 g/mol. The summed E-state index contributed by atoms with van der Waals surface area (Å²) >= 11 is 10.3. The molecule has 0 fully saturated rings. The van der Waals surface area contributed by atoms with Gasteiger partial charge in [0.2, 0.25) is 0 Å². The summed E-state index contributed by atoms with van der Waals surface area (Å²) in [5, 5.41) is 2.10. The number of rotatable bonds is 4. The fourth-order valence-corrected chi connectivity index (χ4v) is 3.58. The maximum absolute atomic E-state index is 5.67. The Hall–Kier alpha value is -0.910. The predicted molar refractivity (Wildman–Crippen MR) is 91.2 cm³/mol. The lowest BCUT2D eigenvalue weighted by Gasteiger charge is -2.26. The molecule has 1 unspecified atom stereocenters. The number of hydrogen-bond donors (Lipinski definition) is 1. The van der Waals surface area contributed by atoms with E-state index in [1.807, 2.05) is 12.1 Å². The first-order chi connectivity index (χ1) is 9.00.